The molecule has 3 aromatic rings. The summed E-state index contributed by atoms with van der Waals surface area (Å²) in [6, 6.07) is 30.4. The van der Waals surface area contributed by atoms with E-state index in [1.54, 1.807) is 0 Å². The van der Waals surface area contributed by atoms with Crippen molar-refractivity contribution in [3.05, 3.63) is 113 Å². The molecule has 118 valence electrons. The zero-order chi connectivity index (χ0) is 16.2. The van der Waals surface area contributed by atoms with Crippen LogP contribution < -0.4 is 5.32 Å². The molecule has 0 saturated heterocycles. The fourth-order valence-corrected chi connectivity index (χ4v) is 3.50. The minimum atomic E-state index is 0.286. The summed E-state index contributed by atoms with van der Waals surface area (Å²) in [6.07, 6.45) is 4.59. The Balaban J connectivity index is 1.66. The normalized spacial score (nSPS) is 19.0. The molecule has 2 unspecified atom stereocenters. The van der Waals surface area contributed by atoms with Gasteiger partial charge in [0.15, 0.2) is 0 Å². The van der Waals surface area contributed by atoms with Crippen molar-refractivity contribution in [1.82, 2.24) is 5.32 Å². The topological polar surface area (TPSA) is 12.0 Å². The number of hydrogen-bond acceptors (Lipinski definition) is 1. The number of fused-ring (bicyclic) bond motifs is 1. The average Bonchev–Trinajstić information content (AvgIpc) is 2.67. The molecule has 0 heterocycles. The van der Waals surface area contributed by atoms with Crippen molar-refractivity contribution in [1.29, 1.82) is 0 Å². The van der Waals surface area contributed by atoms with Crippen LogP contribution in [0.4, 0.5) is 0 Å². The van der Waals surface area contributed by atoms with Crippen LogP contribution >= 0.6 is 0 Å². The number of benzene rings is 3. The van der Waals surface area contributed by atoms with Crippen LogP contribution in [0, 0.1) is 0 Å². The lowest BCUT2D eigenvalue weighted by molar-refractivity contribution is 0.488. The maximum atomic E-state index is 3.79. The smallest absolute Gasteiger partial charge is 0.0433 e. The van der Waals surface area contributed by atoms with E-state index < -0.39 is 0 Å². The molecule has 1 aliphatic rings. The maximum absolute atomic E-state index is 3.79. The summed E-state index contributed by atoms with van der Waals surface area (Å²) >= 11 is 0. The second kappa shape index (κ2) is 6.86. The van der Waals surface area contributed by atoms with Gasteiger partial charge in [0.05, 0.1) is 0 Å². The average molecular weight is 311 g/mol. The van der Waals surface area contributed by atoms with Crippen LogP contribution in [0.1, 0.15) is 34.2 Å². The van der Waals surface area contributed by atoms with Gasteiger partial charge >= 0.3 is 0 Å². The molecule has 4 rings (SSSR count). The predicted octanol–water partition coefficient (Wildman–Crippen LogP) is 5.33. The van der Waals surface area contributed by atoms with Crippen molar-refractivity contribution in [3.8, 4) is 0 Å². The summed E-state index contributed by atoms with van der Waals surface area (Å²) < 4.78 is 0. The molecule has 0 saturated carbocycles. The molecule has 1 nitrogen and oxygen atoms in total. The summed E-state index contributed by atoms with van der Waals surface area (Å²) in [5.41, 5.74) is 5.37. The monoisotopic (exact) mass is 311 g/mol. The lowest BCUT2D eigenvalue weighted by Crippen LogP contribution is -2.28. The first kappa shape index (κ1) is 14.9. The van der Waals surface area contributed by atoms with E-state index in [2.05, 4.69) is 102 Å². The second-order valence-corrected chi connectivity index (χ2v) is 6.27. The predicted molar refractivity (Wildman–Crippen MR) is 101 cm³/mol. The molecule has 0 radical (unpaired) electrons. The Kier molecular flexibility index (Phi) is 4.26. The third-order valence-electron chi connectivity index (χ3n) is 4.73. The van der Waals surface area contributed by atoms with Gasteiger partial charge in [-0.3, -0.25) is 0 Å². The molecule has 0 amide bonds. The standard InChI is InChI=1S/C23H21N/c1-3-9-18(10-4-1)17-24-23-21-14-8-7-13-20(21)15-16-22(23)19-11-5-2-6-12-19/h1-16,22-24H,17H2. The zero-order valence-corrected chi connectivity index (χ0v) is 13.6. The van der Waals surface area contributed by atoms with E-state index in [0.717, 1.165) is 6.54 Å². The molecule has 0 bridgehead atoms. The van der Waals surface area contributed by atoms with Crippen molar-refractivity contribution in [2.45, 2.75) is 18.5 Å². The van der Waals surface area contributed by atoms with Crippen molar-refractivity contribution in [2.24, 2.45) is 0 Å². The molecular weight excluding hydrogens is 290 g/mol. The van der Waals surface area contributed by atoms with Crippen LogP contribution in [-0.4, -0.2) is 0 Å². The van der Waals surface area contributed by atoms with Gasteiger partial charge in [0.25, 0.3) is 0 Å². The van der Waals surface area contributed by atoms with E-state index in [1.807, 2.05) is 0 Å². The molecule has 0 spiro atoms. The Morgan fingerprint density at radius 3 is 2.17 bits per heavy atom. The summed E-state index contributed by atoms with van der Waals surface area (Å²) in [7, 11) is 0. The number of hydrogen-bond donors (Lipinski definition) is 1. The van der Waals surface area contributed by atoms with Crippen molar-refractivity contribution >= 4 is 6.08 Å². The third-order valence-corrected chi connectivity index (χ3v) is 4.73. The highest BCUT2D eigenvalue weighted by Crippen LogP contribution is 2.38. The first-order valence-corrected chi connectivity index (χ1v) is 8.51. The van der Waals surface area contributed by atoms with Crippen molar-refractivity contribution in [2.75, 3.05) is 0 Å². The first-order chi connectivity index (χ1) is 11.9. The highest BCUT2D eigenvalue weighted by Gasteiger charge is 2.26. The lowest BCUT2D eigenvalue weighted by atomic mass is 9.80. The Morgan fingerprint density at radius 1 is 0.708 bits per heavy atom. The molecule has 0 aromatic heterocycles. The highest BCUT2D eigenvalue weighted by atomic mass is 14.9. The van der Waals surface area contributed by atoms with E-state index in [-0.39, 0.29) is 6.04 Å². The van der Waals surface area contributed by atoms with Crippen LogP contribution in [0.3, 0.4) is 0 Å². The Hall–Kier alpha value is -2.64. The highest BCUT2D eigenvalue weighted by molar-refractivity contribution is 5.60. The largest absolute Gasteiger partial charge is 0.305 e. The van der Waals surface area contributed by atoms with E-state index in [1.165, 1.54) is 22.3 Å². The van der Waals surface area contributed by atoms with Gasteiger partial charge in [-0.15, -0.1) is 0 Å². The van der Waals surface area contributed by atoms with Crippen LogP contribution in [0.2, 0.25) is 0 Å². The Labute approximate surface area is 143 Å². The van der Waals surface area contributed by atoms with Crippen LogP contribution in [0.15, 0.2) is 91.0 Å². The molecule has 1 N–H and O–H groups in total. The van der Waals surface area contributed by atoms with Gasteiger partial charge in [0, 0.05) is 18.5 Å². The summed E-state index contributed by atoms with van der Waals surface area (Å²) in [6.45, 7) is 0.872. The molecular formula is C23H21N. The fourth-order valence-electron chi connectivity index (χ4n) is 3.50. The third kappa shape index (κ3) is 3.04. The summed E-state index contributed by atoms with van der Waals surface area (Å²) in [5, 5.41) is 3.79. The van der Waals surface area contributed by atoms with Gasteiger partial charge in [-0.25, -0.2) is 0 Å². The molecule has 0 fully saturated rings. The zero-order valence-electron chi connectivity index (χ0n) is 13.6. The molecule has 0 aliphatic heterocycles. The molecule has 24 heavy (non-hydrogen) atoms. The number of rotatable bonds is 4. The molecule has 2 atom stereocenters. The minimum absolute atomic E-state index is 0.286. The van der Waals surface area contributed by atoms with Crippen LogP contribution in [0.5, 0.6) is 0 Å². The van der Waals surface area contributed by atoms with Gasteiger partial charge in [-0.05, 0) is 22.3 Å². The lowest BCUT2D eigenvalue weighted by Gasteiger charge is -2.31. The van der Waals surface area contributed by atoms with Gasteiger partial charge in [0.1, 0.15) is 0 Å². The molecule has 1 aliphatic carbocycles. The summed E-state index contributed by atoms with van der Waals surface area (Å²) in [4.78, 5) is 0. The first-order valence-electron chi connectivity index (χ1n) is 8.51. The van der Waals surface area contributed by atoms with E-state index in [9.17, 15) is 0 Å². The maximum Gasteiger partial charge on any atom is 0.0433 e. The Morgan fingerprint density at radius 2 is 1.38 bits per heavy atom. The molecule has 3 aromatic carbocycles. The van der Waals surface area contributed by atoms with Gasteiger partial charge < -0.3 is 5.32 Å². The van der Waals surface area contributed by atoms with Crippen molar-refractivity contribution in [3.63, 3.8) is 0 Å². The van der Waals surface area contributed by atoms with Gasteiger partial charge in [-0.2, -0.15) is 0 Å². The Bertz CT molecular complexity index is 821. The van der Waals surface area contributed by atoms with E-state index in [4.69, 9.17) is 0 Å². The van der Waals surface area contributed by atoms with Crippen LogP contribution in [0.25, 0.3) is 6.08 Å². The second-order valence-electron chi connectivity index (χ2n) is 6.27. The quantitative estimate of drug-likeness (QED) is 0.687. The SMILES string of the molecule is C1=CC(c2ccccc2)C(NCc2ccccc2)c2ccccc21. The fraction of sp³-hybridized carbons (Fsp3) is 0.130. The minimum Gasteiger partial charge on any atom is -0.305 e. The summed E-state index contributed by atoms with van der Waals surface area (Å²) in [5.74, 6) is 0.352. The molecule has 1 heteroatoms. The van der Waals surface area contributed by atoms with Gasteiger partial charge in [0.2, 0.25) is 0 Å². The van der Waals surface area contributed by atoms with Crippen molar-refractivity contribution < 1.29 is 0 Å². The van der Waals surface area contributed by atoms with Gasteiger partial charge in [-0.1, -0.05) is 97.1 Å². The van der Waals surface area contributed by atoms with E-state index >= 15 is 0 Å². The number of nitrogens with one attached hydrogen (secondary N) is 1. The van der Waals surface area contributed by atoms with Crippen LogP contribution in [-0.2, 0) is 6.54 Å². The van der Waals surface area contributed by atoms with E-state index in [0.29, 0.717) is 5.92 Å².